The zero-order valence-electron chi connectivity index (χ0n) is 9.06. The number of alkyl halides is 5. The molecule has 0 unspecified atom stereocenters. The highest BCUT2D eigenvalue weighted by Crippen LogP contribution is 2.40. The van der Waals surface area contributed by atoms with E-state index in [1.807, 2.05) is 0 Å². The SMILES string of the molecule is O=C(CCl)Cc1cccc(SC(F)(F)F)c1CBr. The van der Waals surface area contributed by atoms with Gasteiger partial charge in [-0.1, -0.05) is 28.1 Å². The van der Waals surface area contributed by atoms with Crippen LogP contribution in [-0.2, 0) is 16.5 Å². The summed E-state index contributed by atoms with van der Waals surface area (Å²) < 4.78 is 37.1. The second kappa shape index (κ2) is 6.82. The Kier molecular flexibility index (Phi) is 6.01. The Morgan fingerprint density at radius 1 is 1.39 bits per heavy atom. The molecule has 0 heterocycles. The van der Waals surface area contributed by atoms with Gasteiger partial charge in [-0.05, 0) is 29.0 Å². The Balaban J connectivity index is 3.06. The first-order valence-corrected chi connectivity index (χ1v) is 7.34. The van der Waals surface area contributed by atoms with Crippen molar-refractivity contribution in [3.63, 3.8) is 0 Å². The molecule has 100 valence electrons. The smallest absolute Gasteiger partial charge is 0.298 e. The first-order valence-electron chi connectivity index (χ1n) is 4.87. The fraction of sp³-hybridized carbons (Fsp3) is 0.364. The highest BCUT2D eigenvalue weighted by atomic mass is 79.9. The van der Waals surface area contributed by atoms with Gasteiger partial charge in [0.15, 0.2) is 5.78 Å². The third-order valence-electron chi connectivity index (χ3n) is 2.13. The summed E-state index contributed by atoms with van der Waals surface area (Å²) in [5.41, 5.74) is -3.28. The van der Waals surface area contributed by atoms with Crippen LogP contribution in [0.5, 0.6) is 0 Å². The van der Waals surface area contributed by atoms with Gasteiger partial charge in [0.1, 0.15) is 0 Å². The van der Waals surface area contributed by atoms with Crippen LogP contribution in [0.2, 0.25) is 0 Å². The molecule has 7 heteroatoms. The number of carbonyl (C=O) groups excluding carboxylic acids is 1. The number of benzene rings is 1. The molecule has 0 radical (unpaired) electrons. The van der Waals surface area contributed by atoms with Crippen LogP contribution in [-0.4, -0.2) is 17.2 Å². The lowest BCUT2D eigenvalue weighted by molar-refractivity contribution is -0.116. The number of thioether (sulfide) groups is 1. The Labute approximate surface area is 120 Å². The van der Waals surface area contributed by atoms with Crippen LogP contribution in [0.1, 0.15) is 11.1 Å². The van der Waals surface area contributed by atoms with E-state index in [0.29, 0.717) is 11.1 Å². The molecule has 0 amide bonds. The standard InChI is InChI=1S/C11H9BrClF3OS/c12-5-9-7(4-8(17)6-13)2-1-3-10(9)18-11(14,15)16/h1-3H,4-6H2. The molecule has 0 aromatic heterocycles. The van der Waals surface area contributed by atoms with Crippen LogP contribution in [0.4, 0.5) is 13.2 Å². The van der Waals surface area contributed by atoms with Crippen LogP contribution in [0, 0.1) is 0 Å². The van der Waals surface area contributed by atoms with Crippen LogP contribution >= 0.6 is 39.3 Å². The van der Waals surface area contributed by atoms with Gasteiger partial charge < -0.3 is 0 Å². The van der Waals surface area contributed by atoms with Crippen molar-refractivity contribution >= 4 is 45.1 Å². The molecule has 1 rings (SSSR count). The molecule has 0 N–H and O–H groups in total. The molecule has 0 aliphatic carbocycles. The fourth-order valence-corrected chi connectivity index (χ4v) is 3.07. The summed E-state index contributed by atoms with van der Waals surface area (Å²) in [5.74, 6) is -0.355. The van der Waals surface area contributed by atoms with Crippen molar-refractivity contribution in [3.05, 3.63) is 29.3 Å². The molecule has 0 atom stereocenters. The predicted octanol–water partition coefficient (Wildman–Crippen LogP) is 4.54. The van der Waals surface area contributed by atoms with E-state index in [-0.39, 0.29) is 40.1 Å². The molecule has 0 aliphatic rings. The number of carbonyl (C=O) groups is 1. The van der Waals surface area contributed by atoms with Gasteiger partial charge in [0.2, 0.25) is 0 Å². The summed E-state index contributed by atoms with van der Waals surface area (Å²) in [4.78, 5) is 11.4. The maximum Gasteiger partial charge on any atom is 0.446 e. The summed E-state index contributed by atoms with van der Waals surface area (Å²) in [6.45, 7) is 0. The molecule has 0 saturated carbocycles. The largest absolute Gasteiger partial charge is 0.446 e. The van der Waals surface area contributed by atoms with Crippen molar-refractivity contribution in [2.24, 2.45) is 0 Å². The van der Waals surface area contributed by atoms with Crippen molar-refractivity contribution in [1.82, 2.24) is 0 Å². The fourth-order valence-electron chi connectivity index (χ4n) is 1.41. The first-order chi connectivity index (χ1) is 8.37. The van der Waals surface area contributed by atoms with Gasteiger partial charge in [0.25, 0.3) is 0 Å². The van der Waals surface area contributed by atoms with E-state index in [4.69, 9.17) is 11.6 Å². The minimum Gasteiger partial charge on any atom is -0.298 e. The van der Waals surface area contributed by atoms with Gasteiger partial charge in [-0.2, -0.15) is 13.2 Å². The Morgan fingerprint density at radius 3 is 2.56 bits per heavy atom. The Morgan fingerprint density at radius 2 is 2.06 bits per heavy atom. The molecule has 1 aromatic carbocycles. The molecule has 1 nitrogen and oxygen atoms in total. The molecule has 18 heavy (non-hydrogen) atoms. The van der Waals surface area contributed by atoms with Gasteiger partial charge in [0.05, 0.1) is 5.88 Å². The lowest BCUT2D eigenvalue weighted by Gasteiger charge is -2.13. The number of rotatable bonds is 5. The summed E-state index contributed by atoms with van der Waals surface area (Å²) in [6.07, 6.45) is 0.0523. The molecule has 0 spiro atoms. The quantitative estimate of drug-likeness (QED) is 0.565. The summed E-state index contributed by atoms with van der Waals surface area (Å²) in [7, 11) is 0. The highest BCUT2D eigenvalue weighted by Gasteiger charge is 2.30. The minimum atomic E-state index is -4.34. The van der Waals surface area contributed by atoms with E-state index >= 15 is 0 Å². The number of hydrogen-bond acceptors (Lipinski definition) is 2. The molecular weight excluding hydrogens is 353 g/mol. The molecule has 0 fully saturated rings. The summed E-state index contributed by atoms with van der Waals surface area (Å²) in [6, 6.07) is 4.54. The van der Waals surface area contributed by atoms with Crippen LogP contribution < -0.4 is 0 Å². The van der Waals surface area contributed by atoms with Crippen molar-refractivity contribution in [3.8, 4) is 0 Å². The molecule has 0 bridgehead atoms. The second-order valence-corrected chi connectivity index (χ2v) is 5.36. The number of hydrogen-bond donors (Lipinski definition) is 0. The van der Waals surface area contributed by atoms with Gasteiger partial charge in [-0.3, -0.25) is 4.79 Å². The van der Waals surface area contributed by atoms with Gasteiger partial charge in [-0.15, -0.1) is 11.6 Å². The Bertz CT molecular complexity index is 437. The Hall–Kier alpha value is -0.200. The van der Waals surface area contributed by atoms with Crippen molar-refractivity contribution < 1.29 is 18.0 Å². The average Bonchev–Trinajstić information content (AvgIpc) is 2.27. The third-order valence-corrected chi connectivity index (χ3v) is 3.82. The van der Waals surface area contributed by atoms with Crippen molar-refractivity contribution in [2.75, 3.05) is 5.88 Å². The number of halogens is 5. The normalized spacial score (nSPS) is 11.6. The monoisotopic (exact) mass is 360 g/mol. The van der Waals surface area contributed by atoms with Crippen LogP contribution in [0.25, 0.3) is 0 Å². The summed E-state index contributed by atoms with van der Waals surface area (Å²) >= 11 is 8.38. The third kappa shape index (κ3) is 4.82. The lowest BCUT2D eigenvalue weighted by atomic mass is 10.0. The van der Waals surface area contributed by atoms with E-state index in [0.717, 1.165) is 0 Å². The maximum atomic E-state index is 12.4. The first kappa shape index (κ1) is 15.9. The minimum absolute atomic E-state index is 0.0523. The van der Waals surface area contributed by atoms with Gasteiger partial charge >= 0.3 is 5.51 Å². The van der Waals surface area contributed by atoms with Crippen molar-refractivity contribution in [2.45, 2.75) is 22.2 Å². The van der Waals surface area contributed by atoms with E-state index in [1.165, 1.54) is 12.1 Å². The molecule has 0 saturated heterocycles. The molecule has 1 aromatic rings. The zero-order valence-corrected chi connectivity index (χ0v) is 12.2. The topological polar surface area (TPSA) is 17.1 Å². The van der Waals surface area contributed by atoms with E-state index in [9.17, 15) is 18.0 Å². The number of Topliss-reactive ketones (excluding diaryl/α,β-unsaturated/α-hetero) is 1. The lowest BCUT2D eigenvalue weighted by Crippen LogP contribution is -2.07. The van der Waals surface area contributed by atoms with Crippen LogP contribution in [0.3, 0.4) is 0 Å². The molecular formula is C11H9BrClF3OS. The highest BCUT2D eigenvalue weighted by molar-refractivity contribution is 9.08. The predicted molar refractivity (Wildman–Crippen MR) is 70.4 cm³/mol. The summed E-state index contributed by atoms with van der Waals surface area (Å²) in [5, 5.41) is 0.261. The van der Waals surface area contributed by atoms with E-state index in [1.54, 1.807) is 6.07 Å². The van der Waals surface area contributed by atoms with E-state index in [2.05, 4.69) is 15.9 Å². The van der Waals surface area contributed by atoms with Crippen molar-refractivity contribution in [1.29, 1.82) is 0 Å². The van der Waals surface area contributed by atoms with Gasteiger partial charge in [0, 0.05) is 16.6 Å². The van der Waals surface area contributed by atoms with E-state index < -0.39 is 5.51 Å². The molecule has 0 aliphatic heterocycles. The second-order valence-electron chi connectivity index (χ2n) is 3.42. The van der Waals surface area contributed by atoms with Gasteiger partial charge in [-0.25, -0.2) is 0 Å². The van der Waals surface area contributed by atoms with Crippen LogP contribution in [0.15, 0.2) is 23.1 Å². The maximum absolute atomic E-state index is 12.4. The number of ketones is 1. The zero-order chi connectivity index (χ0) is 13.8. The average molecular weight is 362 g/mol.